The predicted octanol–water partition coefficient (Wildman–Crippen LogP) is 1.71. The van der Waals surface area contributed by atoms with Crippen LogP contribution in [-0.2, 0) is 12.8 Å². The maximum absolute atomic E-state index is 11.3. The molecule has 78 valence electrons. The van der Waals surface area contributed by atoms with E-state index < -0.39 is 0 Å². The molecule has 0 unspecified atom stereocenters. The monoisotopic (exact) mass is 199 g/mol. The van der Waals surface area contributed by atoms with E-state index in [1.807, 2.05) is 6.92 Å². The minimum Gasteiger partial charge on any atom is -0.369 e. The van der Waals surface area contributed by atoms with Gasteiger partial charge in [0.15, 0.2) is 5.82 Å². The standard InChI is InChI=1S/C10H15N3O.H2/c1-3-11-10-8-5-4-6-9(8)13(12-10)7(2)14;/h3-6H2,1-2H3,(H,11,12);1H/i;1+2T. The van der Waals surface area contributed by atoms with Gasteiger partial charge in [-0.2, -0.15) is 0 Å². The molecule has 0 spiro atoms. The van der Waals surface area contributed by atoms with Gasteiger partial charge in [0.1, 0.15) is 0 Å². The summed E-state index contributed by atoms with van der Waals surface area (Å²) in [6.45, 7) is 4.44. The van der Waals surface area contributed by atoms with E-state index in [4.69, 9.17) is 2.97 Å². The molecule has 0 amide bonds. The van der Waals surface area contributed by atoms with Crippen molar-refractivity contribution >= 4 is 11.7 Å². The summed E-state index contributed by atoms with van der Waals surface area (Å²) in [6.07, 6.45) is 3.16. The van der Waals surface area contributed by atoms with Gasteiger partial charge in [0.2, 0.25) is 5.91 Å². The van der Waals surface area contributed by atoms with Gasteiger partial charge in [0.25, 0.3) is 0 Å². The minimum atomic E-state index is 0.00676. The lowest BCUT2D eigenvalue weighted by molar-refractivity contribution is 0.0918. The topological polar surface area (TPSA) is 46.9 Å². The number of carbonyl (C=O) groups is 1. The first-order valence-corrected chi connectivity index (χ1v) is 5.09. The number of hydrogen-bond donors (Lipinski definition) is 1. The summed E-state index contributed by atoms with van der Waals surface area (Å²) in [5.41, 5.74) is 2.34. The lowest BCUT2D eigenvalue weighted by atomic mass is 10.2. The third kappa shape index (κ3) is 1.31. The van der Waals surface area contributed by atoms with Crippen molar-refractivity contribution in [2.45, 2.75) is 33.1 Å². The van der Waals surface area contributed by atoms with Crippen molar-refractivity contribution in [3.8, 4) is 0 Å². The van der Waals surface area contributed by atoms with E-state index in [2.05, 4.69) is 10.4 Å². The molecule has 1 N–H and O–H groups in total. The van der Waals surface area contributed by atoms with Gasteiger partial charge in [0.05, 0.1) is 5.69 Å². The van der Waals surface area contributed by atoms with Crippen LogP contribution >= 0.6 is 0 Å². The maximum Gasteiger partial charge on any atom is 0.244 e. The molecular weight excluding hydrogens is 178 g/mol. The normalized spacial score (nSPS) is 14.7. The van der Waals surface area contributed by atoms with Crippen LogP contribution in [0.2, 0.25) is 0 Å². The van der Waals surface area contributed by atoms with Crippen LogP contribution in [0.1, 0.15) is 39.3 Å². The van der Waals surface area contributed by atoms with Crippen LogP contribution in [0, 0.1) is 0 Å². The highest BCUT2D eigenvalue weighted by Crippen LogP contribution is 2.28. The second-order valence-corrected chi connectivity index (χ2v) is 3.59. The van der Waals surface area contributed by atoms with Crippen LogP contribution in [0.25, 0.3) is 0 Å². The Morgan fingerprint density at radius 3 is 3.14 bits per heavy atom. The molecular formula is C10H17N3O. The molecule has 0 aliphatic heterocycles. The van der Waals surface area contributed by atoms with Gasteiger partial charge in [-0.05, 0) is 26.2 Å². The largest absolute Gasteiger partial charge is 0.369 e. The smallest absolute Gasteiger partial charge is 0.244 e. The van der Waals surface area contributed by atoms with Gasteiger partial charge in [-0.3, -0.25) is 4.79 Å². The number of fused-ring (bicyclic) bond motifs is 1. The van der Waals surface area contributed by atoms with E-state index in [0.29, 0.717) is 0 Å². The Morgan fingerprint density at radius 1 is 1.71 bits per heavy atom. The Balaban J connectivity index is 0.000000606. The summed E-state index contributed by atoms with van der Waals surface area (Å²) >= 11 is 0. The molecule has 0 bridgehead atoms. The molecule has 2 rings (SSSR count). The van der Waals surface area contributed by atoms with Crippen molar-refractivity contribution in [2.24, 2.45) is 0 Å². The van der Waals surface area contributed by atoms with Crippen molar-refractivity contribution in [3.05, 3.63) is 11.3 Å². The van der Waals surface area contributed by atoms with E-state index in [9.17, 15) is 4.79 Å². The zero-order valence-corrected chi connectivity index (χ0v) is 8.63. The molecule has 1 heterocycles. The summed E-state index contributed by atoms with van der Waals surface area (Å²) in [5, 5.41) is 7.48. The summed E-state index contributed by atoms with van der Waals surface area (Å²) in [5.74, 6) is 0.905. The van der Waals surface area contributed by atoms with Crippen molar-refractivity contribution in [3.63, 3.8) is 0 Å². The lowest BCUT2D eigenvalue weighted by Gasteiger charge is -1.99. The number of rotatable bonds is 2. The maximum atomic E-state index is 11.3. The molecule has 1 aromatic rings. The average molecular weight is 199 g/mol. The molecule has 1 aromatic heterocycles. The first-order valence-electron chi connectivity index (χ1n) is 6.09. The molecule has 1 aliphatic rings. The van der Waals surface area contributed by atoms with Crippen molar-refractivity contribution < 1.29 is 7.76 Å². The Bertz CT molecular complexity index is 376. The highest BCUT2D eigenvalue weighted by molar-refractivity contribution is 5.77. The van der Waals surface area contributed by atoms with Gasteiger partial charge in [-0.25, -0.2) is 4.68 Å². The van der Waals surface area contributed by atoms with E-state index >= 15 is 0 Å². The van der Waals surface area contributed by atoms with Crippen molar-refractivity contribution in [2.75, 3.05) is 11.9 Å². The number of hydrogen-bond acceptors (Lipinski definition) is 3. The molecule has 4 heteroatoms. The van der Waals surface area contributed by atoms with Crippen LogP contribution < -0.4 is 5.32 Å². The predicted molar refractivity (Wildman–Crippen MR) is 56.8 cm³/mol. The van der Waals surface area contributed by atoms with Gasteiger partial charge in [-0.15, -0.1) is 5.10 Å². The molecule has 14 heavy (non-hydrogen) atoms. The fourth-order valence-electron chi connectivity index (χ4n) is 2.01. The fourth-order valence-corrected chi connectivity index (χ4v) is 2.01. The minimum absolute atomic E-state index is 0.00676. The third-order valence-corrected chi connectivity index (χ3v) is 2.57. The molecule has 1 aliphatic carbocycles. The second-order valence-electron chi connectivity index (χ2n) is 3.59. The number of aromatic nitrogens is 2. The Morgan fingerprint density at radius 2 is 2.50 bits per heavy atom. The number of nitrogens with one attached hydrogen (secondary N) is 1. The van der Waals surface area contributed by atoms with Gasteiger partial charge in [-0.1, -0.05) is 0 Å². The van der Waals surface area contributed by atoms with E-state index in [1.165, 1.54) is 5.56 Å². The molecule has 0 saturated heterocycles. The van der Waals surface area contributed by atoms with Crippen molar-refractivity contribution in [1.82, 2.24) is 9.78 Å². The van der Waals surface area contributed by atoms with E-state index in [0.717, 1.165) is 37.3 Å². The Hall–Kier alpha value is -1.32. The average Bonchev–Trinajstić information content (AvgIpc) is 2.84. The number of carbonyl (C=O) groups excluding carboxylic acids is 1. The molecule has 0 fully saturated rings. The van der Waals surface area contributed by atoms with Crippen LogP contribution in [-0.4, -0.2) is 22.2 Å². The Kier molecular flexibility index (Phi) is 1.97. The zero-order chi connectivity index (χ0) is 12.1. The van der Waals surface area contributed by atoms with Gasteiger partial charge < -0.3 is 5.32 Å². The van der Waals surface area contributed by atoms with Crippen LogP contribution in [0.4, 0.5) is 5.82 Å². The lowest BCUT2D eigenvalue weighted by Crippen LogP contribution is -2.11. The van der Waals surface area contributed by atoms with Gasteiger partial charge in [0, 0.05) is 22.0 Å². The first-order chi connectivity index (χ1) is 7.74. The highest BCUT2D eigenvalue weighted by Gasteiger charge is 2.23. The molecule has 0 radical (unpaired) electrons. The number of anilines is 1. The highest BCUT2D eigenvalue weighted by atomic mass is 16.2. The fraction of sp³-hybridized carbons (Fsp3) is 0.600. The van der Waals surface area contributed by atoms with Crippen molar-refractivity contribution in [1.29, 1.82) is 0 Å². The summed E-state index contributed by atoms with van der Waals surface area (Å²) in [7, 11) is 0. The van der Waals surface area contributed by atoms with E-state index in [-0.39, 0.29) is 5.91 Å². The van der Waals surface area contributed by atoms with Crippen LogP contribution in [0.3, 0.4) is 0 Å². The molecule has 0 aromatic carbocycles. The molecule has 0 saturated carbocycles. The van der Waals surface area contributed by atoms with E-state index in [1.54, 1.807) is 11.6 Å². The summed E-state index contributed by atoms with van der Waals surface area (Å²) in [4.78, 5) is 11.3. The second kappa shape index (κ2) is 3.44. The Labute approximate surface area is 86.4 Å². The van der Waals surface area contributed by atoms with Crippen LogP contribution in [0.5, 0.6) is 0 Å². The summed E-state index contributed by atoms with van der Waals surface area (Å²) in [6, 6.07) is 0. The SMILES string of the molecule is CCNc1nn(C(C)=O)c2c1CCC2.[3H][3H]. The molecule has 4 nitrogen and oxygen atoms in total. The quantitative estimate of drug-likeness (QED) is 0.788. The summed E-state index contributed by atoms with van der Waals surface area (Å²) < 4.78 is 11.5. The third-order valence-electron chi connectivity index (χ3n) is 2.57. The molecule has 0 atom stereocenters. The zero-order valence-electron chi connectivity index (χ0n) is 10.6. The number of nitrogens with zero attached hydrogens (tertiary/aromatic N) is 2. The first kappa shape index (κ1) is 8.03. The van der Waals surface area contributed by atoms with Gasteiger partial charge >= 0.3 is 0 Å². The van der Waals surface area contributed by atoms with Crippen LogP contribution in [0.15, 0.2) is 0 Å².